The molecule has 0 fully saturated rings. The van der Waals surface area contributed by atoms with E-state index in [0.717, 1.165) is 49.1 Å². The summed E-state index contributed by atoms with van der Waals surface area (Å²) in [6.45, 7) is 5.68. The molecule has 0 aromatic heterocycles. The molecule has 3 N–H and O–H groups in total. The van der Waals surface area contributed by atoms with Gasteiger partial charge in [-0.05, 0) is 63.8 Å². The Balaban J connectivity index is 1.44. The number of rotatable bonds is 15. The molecule has 250 valence electrons. The third-order valence-electron chi connectivity index (χ3n) is 9.24. The molecule has 2 unspecified atom stereocenters. The van der Waals surface area contributed by atoms with E-state index >= 15 is 0 Å². The number of anilines is 1. The molecule has 2 aromatic carbocycles. The average molecular weight is 676 g/mol. The van der Waals surface area contributed by atoms with Gasteiger partial charge in [0.1, 0.15) is 11.9 Å². The van der Waals surface area contributed by atoms with Crippen LogP contribution >= 0.6 is 0 Å². The molecule has 0 bridgehead atoms. The fourth-order valence-electron chi connectivity index (χ4n) is 7.11. The molecule has 0 amide bonds. The van der Waals surface area contributed by atoms with Crippen LogP contribution in [-0.2, 0) is 30.4 Å². The van der Waals surface area contributed by atoms with Gasteiger partial charge in [0, 0.05) is 54.9 Å². The van der Waals surface area contributed by atoms with E-state index < -0.39 is 37.7 Å². The van der Waals surface area contributed by atoms with Crippen molar-refractivity contribution in [2.24, 2.45) is 0 Å². The first kappa shape index (κ1) is 34.1. The van der Waals surface area contributed by atoms with Crippen molar-refractivity contribution in [3.05, 3.63) is 58.7 Å². The minimum Gasteiger partial charge on any atom is -0.485 e. The van der Waals surface area contributed by atoms with Crippen molar-refractivity contribution in [3.8, 4) is 5.75 Å². The summed E-state index contributed by atoms with van der Waals surface area (Å²) in [6, 6.07) is 12.3. The summed E-state index contributed by atoms with van der Waals surface area (Å²) in [5, 5.41) is 9.08. The number of aliphatic carboxylic acids is 1. The average Bonchev–Trinajstić information content (AvgIpc) is 3.21. The first-order valence-corrected chi connectivity index (χ1v) is 19.0. The summed E-state index contributed by atoms with van der Waals surface area (Å²) in [5.41, 5.74) is 7.40. The van der Waals surface area contributed by atoms with Gasteiger partial charge < -0.3 is 14.7 Å². The summed E-state index contributed by atoms with van der Waals surface area (Å²) >= 11 is 0. The Morgan fingerprint density at radius 1 is 0.978 bits per heavy atom. The predicted molar refractivity (Wildman–Crippen MR) is 177 cm³/mol. The number of nitrogens with zero attached hydrogens (tertiary/aromatic N) is 2. The van der Waals surface area contributed by atoms with E-state index in [4.69, 9.17) is 9.84 Å². The number of carboxylic acid groups (broad SMARTS) is 1. The van der Waals surface area contributed by atoms with Gasteiger partial charge in [-0.3, -0.25) is 13.9 Å². The first-order chi connectivity index (χ1) is 21.6. The summed E-state index contributed by atoms with van der Waals surface area (Å²) in [5.74, 6) is -0.939. The smallest absolute Gasteiger partial charge is 0.303 e. The van der Waals surface area contributed by atoms with Crippen LogP contribution in [0.4, 0.5) is 11.4 Å². The Kier molecular flexibility index (Phi) is 9.97. The lowest BCUT2D eigenvalue weighted by atomic mass is 9.71. The van der Waals surface area contributed by atoms with E-state index in [1.165, 1.54) is 22.5 Å². The molecule has 5 rings (SSSR count). The van der Waals surface area contributed by atoms with Gasteiger partial charge in [-0.15, -0.1) is 0 Å². The minimum absolute atomic E-state index is 0.137. The van der Waals surface area contributed by atoms with Gasteiger partial charge in [0.2, 0.25) is 5.69 Å². The van der Waals surface area contributed by atoms with Crippen molar-refractivity contribution in [1.29, 1.82) is 0 Å². The maximum Gasteiger partial charge on any atom is 0.303 e. The highest BCUT2D eigenvalue weighted by atomic mass is 32.2. The van der Waals surface area contributed by atoms with E-state index in [2.05, 4.69) is 42.7 Å². The third-order valence-corrected chi connectivity index (χ3v) is 10.8. The molecule has 0 saturated heterocycles. The molecule has 0 spiro atoms. The van der Waals surface area contributed by atoms with Crippen LogP contribution in [0.1, 0.15) is 75.0 Å². The van der Waals surface area contributed by atoms with Crippen molar-refractivity contribution in [2.45, 2.75) is 76.7 Å². The highest BCUT2D eigenvalue weighted by Crippen LogP contribution is 2.49. The number of hydrogen-bond donors (Lipinski definition) is 3. The summed E-state index contributed by atoms with van der Waals surface area (Å²) < 4.78 is 72.8. The Hall–Kier alpha value is -3.26. The molecule has 13 heteroatoms. The Bertz CT molecular complexity index is 1750. The largest absolute Gasteiger partial charge is 0.485 e. The number of ether oxygens (including phenoxy) is 1. The molecule has 0 saturated carbocycles. The molecule has 0 aliphatic carbocycles. The van der Waals surface area contributed by atoms with Crippen molar-refractivity contribution in [1.82, 2.24) is 0 Å². The van der Waals surface area contributed by atoms with Gasteiger partial charge in [0.05, 0.1) is 22.5 Å². The molecule has 46 heavy (non-hydrogen) atoms. The normalized spacial score (nSPS) is 20.3. The molecular formula is C33H43N2O9S2+. The number of benzene rings is 2. The van der Waals surface area contributed by atoms with Gasteiger partial charge in [0.15, 0.2) is 12.3 Å². The van der Waals surface area contributed by atoms with Gasteiger partial charge in [-0.2, -0.15) is 21.4 Å². The molecule has 3 aliphatic rings. The topological polar surface area (TPSA) is 162 Å². The van der Waals surface area contributed by atoms with Gasteiger partial charge in [-0.25, -0.2) is 0 Å². The van der Waals surface area contributed by atoms with Gasteiger partial charge >= 0.3 is 5.97 Å². The van der Waals surface area contributed by atoms with Crippen LogP contribution in [0.2, 0.25) is 0 Å². The molecule has 2 aromatic rings. The van der Waals surface area contributed by atoms with Gasteiger partial charge in [-0.1, -0.05) is 24.5 Å². The zero-order valence-corrected chi connectivity index (χ0v) is 27.9. The van der Waals surface area contributed by atoms with Crippen LogP contribution in [0, 0.1) is 6.92 Å². The standard InChI is InChI=1S/C33H42N2O9S2/c1-23-9-12-28-27(20-23)33(2,14-5-3-4-8-31(36)37)32-26-21-24-10-11-25(22-30(24)44-29(26)13-17-35(28)32)34(15-6-18-45(38,39)40)16-7-19-46(41,42)43/h9-12,20-22,29H,3-8,13-19H2,1-2H3,(H2-,36,37,38,39,40,41,42,43)/p+1. The molecule has 0 radical (unpaired) electrons. The van der Waals surface area contributed by atoms with E-state index in [-0.39, 0.29) is 43.9 Å². The number of unbranched alkanes of at least 4 members (excludes halogenated alkanes) is 2. The Labute approximate surface area is 271 Å². The number of aryl methyl sites for hydroxylation is 1. The summed E-state index contributed by atoms with van der Waals surface area (Å²) in [4.78, 5) is 12.9. The lowest BCUT2D eigenvalue weighted by Gasteiger charge is -2.34. The molecule has 11 nitrogen and oxygen atoms in total. The van der Waals surface area contributed by atoms with Gasteiger partial charge in [0.25, 0.3) is 20.2 Å². The van der Waals surface area contributed by atoms with E-state index in [1.54, 1.807) is 0 Å². The maximum absolute atomic E-state index is 11.3. The lowest BCUT2D eigenvalue weighted by Crippen LogP contribution is -2.44. The number of fused-ring (bicyclic) bond motifs is 5. The maximum atomic E-state index is 11.3. The van der Waals surface area contributed by atoms with E-state index in [1.807, 2.05) is 23.1 Å². The van der Waals surface area contributed by atoms with Crippen molar-refractivity contribution >= 4 is 49.4 Å². The second-order valence-corrected chi connectivity index (χ2v) is 15.9. The monoisotopic (exact) mass is 675 g/mol. The Morgan fingerprint density at radius 2 is 1.67 bits per heavy atom. The minimum atomic E-state index is -4.15. The fraction of sp³-hybridized carbons (Fsp3) is 0.515. The second kappa shape index (κ2) is 13.5. The number of carbonyl (C=O) groups is 1. The molecule has 3 aliphatic heterocycles. The van der Waals surface area contributed by atoms with Crippen LogP contribution in [-0.4, -0.2) is 84.5 Å². The van der Waals surface area contributed by atoms with E-state index in [9.17, 15) is 30.7 Å². The molecule has 2 atom stereocenters. The predicted octanol–water partition coefficient (Wildman–Crippen LogP) is 5.00. The van der Waals surface area contributed by atoms with Crippen molar-refractivity contribution < 1.29 is 45.2 Å². The summed E-state index contributed by atoms with van der Waals surface area (Å²) in [7, 11) is -8.30. The quantitative estimate of drug-likeness (QED) is 0.133. The molecule has 3 heterocycles. The summed E-state index contributed by atoms with van der Waals surface area (Å²) in [6.07, 6.45) is 6.51. The molecular weight excluding hydrogens is 633 g/mol. The lowest BCUT2D eigenvalue weighted by molar-refractivity contribution is -0.444. The van der Waals surface area contributed by atoms with Crippen LogP contribution in [0.3, 0.4) is 0 Å². The van der Waals surface area contributed by atoms with Crippen molar-refractivity contribution in [2.75, 3.05) is 36.0 Å². The highest BCUT2D eigenvalue weighted by Gasteiger charge is 2.54. The zero-order chi connectivity index (χ0) is 33.3. The SMILES string of the molecule is Cc1ccc2c(c1)C(C)(CCCCCC(=O)O)C1=[N+]2CCC2Oc3cc(N(CCCS(=O)(=O)O)CCCS(=O)(=O)O)ccc3C=C12. The van der Waals surface area contributed by atoms with Crippen LogP contribution in [0.5, 0.6) is 5.75 Å². The third kappa shape index (κ3) is 7.81. The zero-order valence-electron chi connectivity index (χ0n) is 26.3. The number of hydrogen-bond acceptors (Lipinski definition) is 7. The first-order valence-electron chi connectivity index (χ1n) is 15.8. The van der Waals surface area contributed by atoms with E-state index in [0.29, 0.717) is 12.2 Å². The fourth-order valence-corrected chi connectivity index (χ4v) is 8.10. The number of carboxylic acids is 1. The second-order valence-electron chi connectivity index (χ2n) is 12.8. The van der Waals surface area contributed by atoms with Crippen LogP contribution < -0.4 is 9.64 Å². The van der Waals surface area contributed by atoms with Crippen molar-refractivity contribution in [3.63, 3.8) is 0 Å². The van der Waals surface area contributed by atoms with Crippen LogP contribution in [0.15, 0.2) is 42.0 Å². The Morgan fingerprint density at radius 3 is 2.33 bits per heavy atom. The van der Waals surface area contributed by atoms with Crippen LogP contribution in [0.25, 0.3) is 6.08 Å². The highest BCUT2D eigenvalue weighted by molar-refractivity contribution is 7.86.